The monoisotopic (exact) mass is 438 g/mol. The predicted octanol–water partition coefficient (Wildman–Crippen LogP) is 0.236. The SMILES string of the molecule is CCC(=O)c1ccc(C(=O)CC(=O)c2cc(C(=O)CC)cc(S(=O)(=O)[O-])c2)cc1.[Na+]. The Morgan fingerprint density at radius 3 is 1.50 bits per heavy atom. The summed E-state index contributed by atoms with van der Waals surface area (Å²) in [5, 5.41) is 0. The average Bonchev–Trinajstić information content (AvgIpc) is 2.71. The fourth-order valence-corrected chi connectivity index (χ4v) is 3.21. The van der Waals surface area contributed by atoms with Gasteiger partial charge in [-0.1, -0.05) is 38.1 Å². The van der Waals surface area contributed by atoms with Gasteiger partial charge in [0.25, 0.3) is 0 Å². The molecule has 0 fully saturated rings. The van der Waals surface area contributed by atoms with Crippen molar-refractivity contribution in [3.8, 4) is 0 Å². The summed E-state index contributed by atoms with van der Waals surface area (Å²) < 4.78 is 34.1. The normalized spacial score (nSPS) is 10.8. The topological polar surface area (TPSA) is 125 Å². The first kappa shape index (κ1) is 26.1. The zero-order chi connectivity index (χ0) is 21.8. The number of Topliss-reactive ketones (excluding diaryl/α,β-unsaturated/α-hetero) is 4. The molecule has 0 saturated heterocycles. The third-order valence-electron chi connectivity index (χ3n) is 4.33. The van der Waals surface area contributed by atoms with Gasteiger partial charge in [-0.25, -0.2) is 8.42 Å². The summed E-state index contributed by atoms with van der Waals surface area (Å²) in [5.41, 5.74) is 0.377. The Hall–Kier alpha value is -1.97. The molecule has 2 aromatic carbocycles. The van der Waals surface area contributed by atoms with Crippen LogP contribution in [-0.4, -0.2) is 36.1 Å². The van der Waals surface area contributed by atoms with Gasteiger partial charge in [-0.3, -0.25) is 19.2 Å². The summed E-state index contributed by atoms with van der Waals surface area (Å²) in [5.74, 6) is -1.78. The maximum atomic E-state index is 12.5. The molecule has 0 aliphatic rings. The maximum Gasteiger partial charge on any atom is 1.00 e. The fourth-order valence-electron chi connectivity index (χ4n) is 2.67. The molecule has 30 heavy (non-hydrogen) atoms. The van der Waals surface area contributed by atoms with Gasteiger partial charge in [-0.15, -0.1) is 0 Å². The molecule has 0 spiro atoms. The van der Waals surface area contributed by atoms with E-state index in [1.165, 1.54) is 30.3 Å². The van der Waals surface area contributed by atoms with Crippen LogP contribution in [0.4, 0.5) is 0 Å². The maximum absolute atomic E-state index is 12.5. The van der Waals surface area contributed by atoms with E-state index in [0.29, 0.717) is 12.0 Å². The van der Waals surface area contributed by atoms with Gasteiger partial charge in [0.05, 0.1) is 11.3 Å². The van der Waals surface area contributed by atoms with Crippen molar-refractivity contribution in [3.63, 3.8) is 0 Å². The van der Waals surface area contributed by atoms with E-state index in [1.54, 1.807) is 13.8 Å². The van der Waals surface area contributed by atoms with Crippen LogP contribution in [0.15, 0.2) is 47.4 Å². The molecule has 7 nitrogen and oxygen atoms in total. The second kappa shape index (κ2) is 10.9. The van der Waals surface area contributed by atoms with Crippen LogP contribution < -0.4 is 29.6 Å². The smallest absolute Gasteiger partial charge is 0.744 e. The Bertz CT molecular complexity index is 1090. The van der Waals surface area contributed by atoms with Crippen molar-refractivity contribution in [2.24, 2.45) is 0 Å². The number of hydrogen-bond donors (Lipinski definition) is 0. The van der Waals surface area contributed by atoms with Gasteiger partial charge in [0.1, 0.15) is 10.1 Å². The Balaban J connectivity index is 0.00000450. The van der Waals surface area contributed by atoms with Gasteiger partial charge in [0.15, 0.2) is 23.1 Å². The largest absolute Gasteiger partial charge is 1.00 e. The van der Waals surface area contributed by atoms with E-state index in [-0.39, 0.29) is 58.5 Å². The van der Waals surface area contributed by atoms with Crippen molar-refractivity contribution >= 4 is 33.3 Å². The molecule has 0 bridgehead atoms. The summed E-state index contributed by atoms with van der Waals surface area (Å²) in [6.45, 7) is 3.27. The van der Waals surface area contributed by atoms with E-state index >= 15 is 0 Å². The van der Waals surface area contributed by atoms with Crippen LogP contribution in [0.1, 0.15) is 74.5 Å². The quantitative estimate of drug-likeness (QED) is 0.238. The van der Waals surface area contributed by atoms with Crippen molar-refractivity contribution in [1.29, 1.82) is 0 Å². The number of rotatable bonds is 9. The van der Waals surface area contributed by atoms with Crippen molar-refractivity contribution < 1.29 is 61.7 Å². The second-order valence-corrected chi connectivity index (χ2v) is 7.73. The van der Waals surface area contributed by atoms with Crippen molar-refractivity contribution in [3.05, 3.63) is 64.7 Å². The van der Waals surface area contributed by atoms with Crippen LogP contribution in [0, 0.1) is 0 Å². The van der Waals surface area contributed by atoms with E-state index < -0.39 is 38.8 Å². The molecule has 2 rings (SSSR count). The van der Waals surface area contributed by atoms with Gasteiger partial charge >= 0.3 is 29.6 Å². The fraction of sp³-hybridized carbons (Fsp3) is 0.238. The molecular formula is C21H19NaO7S. The van der Waals surface area contributed by atoms with E-state index in [0.717, 1.165) is 12.1 Å². The van der Waals surface area contributed by atoms with Crippen molar-refractivity contribution in [2.75, 3.05) is 0 Å². The molecule has 0 unspecified atom stereocenters. The summed E-state index contributed by atoms with van der Waals surface area (Å²) in [7, 11) is -4.89. The molecule has 0 aliphatic heterocycles. The molecule has 0 aromatic heterocycles. The number of ketones is 4. The molecule has 9 heteroatoms. The predicted molar refractivity (Wildman–Crippen MR) is 103 cm³/mol. The van der Waals surface area contributed by atoms with Gasteiger partial charge in [0, 0.05) is 35.1 Å². The van der Waals surface area contributed by atoms with Gasteiger partial charge in [-0.05, 0) is 18.2 Å². The van der Waals surface area contributed by atoms with E-state index in [2.05, 4.69) is 0 Å². The zero-order valence-electron chi connectivity index (χ0n) is 16.9. The Kier molecular flexibility index (Phi) is 9.45. The Morgan fingerprint density at radius 1 is 0.700 bits per heavy atom. The molecule has 2 aromatic rings. The minimum atomic E-state index is -4.89. The Morgan fingerprint density at radius 2 is 1.07 bits per heavy atom. The molecule has 0 N–H and O–H groups in total. The first-order valence-electron chi connectivity index (χ1n) is 8.90. The minimum absolute atomic E-state index is 0. The molecule has 152 valence electrons. The molecule has 0 atom stereocenters. The molecule has 0 aliphatic carbocycles. The van der Waals surface area contributed by atoms with Gasteiger partial charge < -0.3 is 4.55 Å². The standard InChI is InChI=1S/C21H20O7S.Na/c1-3-18(22)13-5-7-14(8-6-13)20(24)12-21(25)16-9-15(19(23)4-2)10-17(11-16)29(26,27)28;/h5-11H,3-4,12H2,1-2H3,(H,26,27,28);/q;+1/p-1. The van der Waals surface area contributed by atoms with Gasteiger partial charge in [-0.2, -0.15) is 0 Å². The molecular weight excluding hydrogens is 419 g/mol. The Labute approximate surface area is 196 Å². The van der Waals surface area contributed by atoms with Crippen LogP contribution in [0.2, 0.25) is 0 Å². The minimum Gasteiger partial charge on any atom is -0.744 e. The third-order valence-corrected chi connectivity index (χ3v) is 5.14. The second-order valence-electron chi connectivity index (χ2n) is 6.35. The summed E-state index contributed by atoms with van der Waals surface area (Å²) in [6, 6.07) is 8.83. The number of carbonyl (C=O) groups is 4. The van der Waals surface area contributed by atoms with Crippen LogP contribution in [0.3, 0.4) is 0 Å². The van der Waals surface area contributed by atoms with E-state index in [1.807, 2.05) is 0 Å². The van der Waals surface area contributed by atoms with Crippen LogP contribution >= 0.6 is 0 Å². The number of carbonyl (C=O) groups excluding carboxylic acids is 4. The summed E-state index contributed by atoms with van der Waals surface area (Å²) in [4.78, 5) is 47.8. The van der Waals surface area contributed by atoms with E-state index in [4.69, 9.17) is 0 Å². The number of benzene rings is 2. The van der Waals surface area contributed by atoms with Crippen LogP contribution in [0.25, 0.3) is 0 Å². The first-order valence-corrected chi connectivity index (χ1v) is 10.3. The zero-order valence-corrected chi connectivity index (χ0v) is 19.7. The number of hydrogen-bond acceptors (Lipinski definition) is 7. The van der Waals surface area contributed by atoms with Gasteiger partial charge in [0.2, 0.25) is 0 Å². The molecule has 0 radical (unpaired) electrons. The first-order chi connectivity index (χ1) is 13.6. The third kappa shape index (κ3) is 6.52. The molecule has 0 amide bonds. The van der Waals surface area contributed by atoms with Crippen LogP contribution in [-0.2, 0) is 10.1 Å². The van der Waals surface area contributed by atoms with Crippen molar-refractivity contribution in [1.82, 2.24) is 0 Å². The summed E-state index contributed by atoms with van der Waals surface area (Å²) in [6.07, 6.45) is -0.204. The van der Waals surface area contributed by atoms with Crippen LogP contribution in [0.5, 0.6) is 0 Å². The summed E-state index contributed by atoms with van der Waals surface area (Å²) >= 11 is 0. The average molecular weight is 438 g/mol. The molecule has 0 saturated carbocycles. The van der Waals surface area contributed by atoms with E-state index in [9.17, 15) is 32.1 Å². The van der Waals surface area contributed by atoms with Crippen molar-refractivity contribution in [2.45, 2.75) is 38.0 Å². The molecule has 0 heterocycles.